The molecule has 1 aliphatic heterocycles. The molecule has 1 saturated heterocycles. The molecule has 0 aromatic carbocycles. The van der Waals surface area contributed by atoms with Crippen LogP contribution < -0.4 is 4.90 Å². The summed E-state index contributed by atoms with van der Waals surface area (Å²) >= 11 is 0. The zero-order valence-corrected chi connectivity index (χ0v) is 14.1. The van der Waals surface area contributed by atoms with Crippen molar-refractivity contribution in [1.29, 1.82) is 0 Å². The summed E-state index contributed by atoms with van der Waals surface area (Å²) in [7, 11) is 0. The van der Waals surface area contributed by atoms with Gasteiger partial charge in [0.25, 0.3) is 5.89 Å². The molecule has 24 heavy (non-hydrogen) atoms. The monoisotopic (exact) mass is 330 g/mol. The second kappa shape index (κ2) is 7.42. The molecule has 0 spiro atoms. The Balaban J connectivity index is 1.63. The Morgan fingerprint density at radius 1 is 1.21 bits per heavy atom. The molecule has 7 nitrogen and oxygen atoms in total. The molecule has 1 atom stereocenters. The van der Waals surface area contributed by atoms with Crippen LogP contribution in [-0.4, -0.2) is 34.2 Å². The van der Waals surface area contributed by atoms with Crippen molar-refractivity contribution in [3.05, 3.63) is 35.7 Å². The molecule has 3 heterocycles. The topological polar surface area (TPSA) is 81.4 Å². The van der Waals surface area contributed by atoms with Gasteiger partial charge in [-0.1, -0.05) is 12.8 Å². The Hall–Kier alpha value is -2.44. The number of carbonyl (C=O) groups excluding carboxylic acids is 1. The van der Waals surface area contributed by atoms with E-state index in [2.05, 4.69) is 20.1 Å². The molecule has 0 aliphatic carbocycles. The van der Waals surface area contributed by atoms with E-state index in [9.17, 15) is 4.79 Å². The van der Waals surface area contributed by atoms with Crippen LogP contribution in [0.25, 0.3) is 0 Å². The summed E-state index contributed by atoms with van der Waals surface area (Å²) < 4.78 is 10.6. The fraction of sp³-hybridized carbons (Fsp3) is 0.529. The van der Waals surface area contributed by atoms with E-state index in [1.807, 2.05) is 6.07 Å². The Morgan fingerprint density at radius 3 is 2.54 bits per heavy atom. The van der Waals surface area contributed by atoms with Crippen molar-refractivity contribution in [1.82, 2.24) is 15.2 Å². The van der Waals surface area contributed by atoms with Gasteiger partial charge in [-0.15, -0.1) is 10.2 Å². The number of aromatic nitrogens is 3. The van der Waals surface area contributed by atoms with Gasteiger partial charge in [-0.05, 0) is 31.9 Å². The minimum Gasteiger partial charge on any atom is -0.449 e. The molecule has 0 bridgehead atoms. The van der Waals surface area contributed by atoms with Crippen molar-refractivity contribution in [2.75, 3.05) is 18.0 Å². The smallest absolute Gasteiger partial charge is 0.340 e. The maximum atomic E-state index is 12.2. The first-order valence-corrected chi connectivity index (χ1v) is 8.35. The van der Waals surface area contributed by atoms with E-state index in [0.29, 0.717) is 11.5 Å². The van der Waals surface area contributed by atoms with E-state index < -0.39 is 12.1 Å². The number of anilines is 1. The Morgan fingerprint density at radius 2 is 1.96 bits per heavy atom. The summed E-state index contributed by atoms with van der Waals surface area (Å²) in [5, 5.41) is 7.59. The molecule has 0 unspecified atom stereocenters. The predicted octanol–water partition coefficient (Wildman–Crippen LogP) is 3.07. The van der Waals surface area contributed by atoms with Crippen molar-refractivity contribution in [2.45, 2.75) is 45.6 Å². The molecule has 0 radical (unpaired) electrons. The van der Waals surface area contributed by atoms with Gasteiger partial charge in [0.2, 0.25) is 5.89 Å². The fourth-order valence-electron chi connectivity index (χ4n) is 2.75. The van der Waals surface area contributed by atoms with Crippen molar-refractivity contribution in [2.24, 2.45) is 0 Å². The molecule has 2 aromatic rings. The van der Waals surface area contributed by atoms with E-state index in [4.69, 9.17) is 9.15 Å². The summed E-state index contributed by atoms with van der Waals surface area (Å²) in [4.78, 5) is 18.9. The number of esters is 1. The van der Waals surface area contributed by atoms with Gasteiger partial charge in [0.05, 0.1) is 5.56 Å². The van der Waals surface area contributed by atoms with Gasteiger partial charge < -0.3 is 14.1 Å². The van der Waals surface area contributed by atoms with Crippen molar-refractivity contribution >= 4 is 11.8 Å². The maximum absolute atomic E-state index is 12.2. The lowest BCUT2D eigenvalue weighted by Crippen LogP contribution is -2.24. The van der Waals surface area contributed by atoms with E-state index in [1.54, 1.807) is 26.1 Å². The normalized spacial score (nSPS) is 16.5. The van der Waals surface area contributed by atoms with Crippen LogP contribution in [0.3, 0.4) is 0 Å². The zero-order chi connectivity index (χ0) is 16.9. The molecule has 0 amide bonds. The third-order valence-corrected chi connectivity index (χ3v) is 4.09. The van der Waals surface area contributed by atoms with Crippen LogP contribution in [0, 0.1) is 6.92 Å². The van der Waals surface area contributed by atoms with Crippen LogP contribution in [0.15, 0.2) is 22.7 Å². The molecule has 128 valence electrons. The van der Waals surface area contributed by atoms with Gasteiger partial charge in [0, 0.05) is 26.2 Å². The maximum Gasteiger partial charge on any atom is 0.340 e. The van der Waals surface area contributed by atoms with Gasteiger partial charge in [-0.25, -0.2) is 9.78 Å². The standard InChI is InChI=1S/C17H22N4O3/c1-12(16-20-19-13(2)24-16)23-17(22)14-7-8-15(18-11-14)21-9-5-3-4-6-10-21/h7-8,11-12H,3-6,9-10H2,1-2H3/t12-/m0/s1. The summed E-state index contributed by atoms with van der Waals surface area (Å²) in [6.45, 7) is 5.43. The molecule has 7 heteroatoms. The SMILES string of the molecule is Cc1nnc([C@H](C)OC(=O)c2ccc(N3CCCCCC3)nc2)o1. The lowest BCUT2D eigenvalue weighted by Gasteiger charge is -2.21. The average Bonchev–Trinajstić information content (AvgIpc) is 2.85. The highest BCUT2D eigenvalue weighted by Crippen LogP contribution is 2.20. The summed E-state index contributed by atoms with van der Waals surface area (Å²) in [5.41, 5.74) is 0.414. The molecule has 0 saturated carbocycles. The van der Waals surface area contributed by atoms with E-state index >= 15 is 0 Å². The predicted molar refractivity (Wildman–Crippen MR) is 87.8 cm³/mol. The number of pyridine rings is 1. The molecular weight excluding hydrogens is 308 g/mol. The van der Waals surface area contributed by atoms with Gasteiger partial charge >= 0.3 is 5.97 Å². The second-order valence-electron chi connectivity index (χ2n) is 6.01. The average molecular weight is 330 g/mol. The molecule has 2 aromatic heterocycles. The van der Waals surface area contributed by atoms with Gasteiger partial charge in [0.15, 0.2) is 6.10 Å². The molecular formula is C17H22N4O3. The summed E-state index contributed by atoms with van der Waals surface area (Å²) in [6.07, 6.45) is 5.89. The molecule has 1 aliphatic rings. The third kappa shape index (κ3) is 3.90. The highest BCUT2D eigenvalue weighted by atomic mass is 16.6. The zero-order valence-electron chi connectivity index (χ0n) is 14.1. The molecule has 1 fully saturated rings. The Kier molecular flexibility index (Phi) is 5.08. The number of nitrogens with zero attached hydrogens (tertiary/aromatic N) is 4. The fourth-order valence-corrected chi connectivity index (χ4v) is 2.75. The van der Waals surface area contributed by atoms with Crippen molar-refractivity contribution in [3.8, 4) is 0 Å². The first-order chi connectivity index (χ1) is 11.6. The number of carbonyl (C=O) groups is 1. The minimum atomic E-state index is -0.594. The lowest BCUT2D eigenvalue weighted by atomic mass is 10.2. The van der Waals surface area contributed by atoms with Gasteiger partial charge in [0.1, 0.15) is 5.82 Å². The summed E-state index contributed by atoms with van der Waals surface area (Å²) in [6, 6.07) is 3.63. The number of ether oxygens (including phenoxy) is 1. The number of rotatable bonds is 4. The first kappa shape index (κ1) is 16.4. The van der Waals surface area contributed by atoms with Crippen LogP contribution >= 0.6 is 0 Å². The third-order valence-electron chi connectivity index (χ3n) is 4.09. The van der Waals surface area contributed by atoms with Crippen LogP contribution in [-0.2, 0) is 4.74 Å². The number of hydrogen-bond acceptors (Lipinski definition) is 7. The highest BCUT2D eigenvalue weighted by Gasteiger charge is 2.19. The van der Waals surface area contributed by atoms with Crippen LogP contribution in [0.1, 0.15) is 60.9 Å². The summed E-state index contributed by atoms with van der Waals surface area (Å²) in [5.74, 6) is 1.19. The van der Waals surface area contributed by atoms with E-state index in [1.165, 1.54) is 25.7 Å². The minimum absolute atomic E-state index is 0.287. The van der Waals surface area contributed by atoms with E-state index in [0.717, 1.165) is 18.9 Å². The van der Waals surface area contributed by atoms with Crippen LogP contribution in [0.5, 0.6) is 0 Å². The van der Waals surface area contributed by atoms with Crippen molar-refractivity contribution in [3.63, 3.8) is 0 Å². The van der Waals surface area contributed by atoms with Crippen LogP contribution in [0.2, 0.25) is 0 Å². The van der Waals surface area contributed by atoms with Crippen molar-refractivity contribution < 1.29 is 13.9 Å². The number of hydrogen-bond donors (Lipinski definition) is 0. The first-order valence-electron chi connectivity index (χ1n) is 8.35. The Bertz CT molecular complexity index is 675. The quantitative estimate of drug-likeness (QED) is 0.797. The lowest BCUT2D eigenvalue weighted by molar-refractivity contribution is 0.0276. The number of aryl methyl sites for hydroxylation is 1. The van der Waals surface area contributed by atoms with Gasteiger partial charge in [-0.2, -0.15) is 0 Å². The largest absolute Gasteiger partial charge is 0.449 e. The second-order valence-corrected chi connectivity index (χ2v) is 6.01. The molecule has 3 rings (SSSR count). The van der Waals surface area contributed by atoms with Gasteiger partial charge in [-0.3, -0.25) is 0 Å². The van der Waals surface area contributed by atoms with Crippen LogP contribution in [0.4, 0.5) is 5.82 Å². The van der Waals surface area contributed by atoms with E-state index in [-0.39, 0.29) is 5.89 Å². The Labute approximate surface area is 141 Å². The highest BCUT2D eigenvalue weighted by molar-refractivity contribution is 5.89. The molecule has 0 N–H and O–H groups in total.